The monoisotopic (exact) mass is 285 g/mol. The summed E-state index contributed by atoms with van der Waals surface area (Å²) in [5.74, 6) is 0. The van der Waals surface area contributed by atoms with Crippen molar-refractivity contribution in [2.24, 2.45) is 0 Å². The number of sulfonamides is 1. The Morgan fingerprint density at radius 1 is 1.37 bits per heavy atom. The predicted octanol–water partition coefficient (Wildman–Crippen LogP) is 0.250. The first-order valence-electron chi connectivity index (χ1n) is 6.25. The fourth-order valence-corrected chi connectivity index (χ4v) is 3.42. The maximum atomic E-state index is 12.0. The third kappa shape index (κ3) is 3.54. The number of rotatable bonds is 6. The van der Waals surface area contributed by atoms with Gasteiger partial charge in [-0.15, -0.1) is 0 Å². The van der Waals surface area contributed by atoms with Crippen molar-refractivity contribution < 1.29 is 18.3 Å². The third-order valence-electron chi connectivity index (χ3n) is 3.25. The van der Waals surface area contributed by atoms with Gasteiger partial charge in [-0.25, -0.2) is 12.7 Å². The van der Waals surface area contributed by atoms with Gasteiger partial charge in [-0.3, -0.25) is 0 Å². The SMILES string of the molecule is CN(CC(O)Cc1ccccc1)S(=O)(=O)C1COC1. The Morgan fingerprint density at radius 2 is 2.00 bits per heavy atom. The second-order valence-corrected chi connectivity index (χ2v) is 7.15. The topological polar surface area (TPSA) is 66.8 Å². The average molecular weight is 285 g/mol. The van der Waals surface area contributed by atoms with E-state index in [0.717, 1.165) is 5.56 Å². The molecule has 0 radical (unpaired) electrons. The smallest absolute Gasteiger partial charge is 0.221 e. The van der Waals surface area contributed by atoms with Crippen molar-refractivity contribution >= 4 is 10.0 Å². The van der Waals surface area contributed by atoms with E-state index in [9.17, 15) is 13.5 Å². The second kappa shape index (κ2) is 6.00. The highest BCUT2D eigenvalue weighted by atomic mass is 32.2. The third-order valence-corrected chi connectivity index (χ3v) is 5.38. The van der Waals surface area contributed by atoms with Crippen LogP contribution in [0.25, 0.3) is 0 Å². The largest absolute Gasteiger partial charge is 0.391 e. The van der Waals surface area contributed by atoms with Crippen LogP contribution in [0, 0.1) is 0 Å². The van der Waals surface area contributed by atoms with E-state index in [2.05, 4.69) is 0 Å². The summed E-state index contributed by atoms with van der Waals surface area (Å²) in [4.78, 5) is 0. The lowest BCUT2D eigenvalue weighted by Crippen LogP contribution is -2.49. The lowest BCUT2D eigenvalue weighted by atomic mass is 10.1. The molecule has 5 nitrogen and oxygen atoms in total. The quantitative estimate of drug-likeness (QED) is 0.813. The van der Waals surface area contributed by atoms with Gasteiger partial charge in [0.05, 0.1) is 19.3 Å². The molecule has 0 saturated carbocycles. The molecule has 0 spiro atoms. The lowest BCUT2D eigenvalue weighted by molar-refractivity contribution is 0.0387. The first-order chi connectivity index (χ1) is 9.00. The molecule has 1 aliphatic rings. The Bertz CT molecular complexity index is 499. The van der Waals surface area contributed by atoms with E-state index >= 15 is 0 Å². The van der Waals surface area contributed by atoms with Gasteiger partial charge in [0.1, 0.15) is 5.25 Å². The van der Waals surface area contributed by atoms with E-state index in [1.807, 2.05) is 30.3 Å². The highest BCUT2D eigenvalue weighted by molar-refractivity contribution is 7.89. The number of aliphatic hydroxyl groups excluding tert-OH is 1. The van der Waals surface area contributed by atoms with Crippen LogP contribution in [0.15, 0.2) is 30.3 Å². The maximum absolute atomic E-state index is 12.0. The molecule has 6 heteroatoms. The van der Waals surface area contributed by atoms with E-state index < -0.39 is 21.4 Å². The van der Waals surface area contributed by atoms with Crippen LogP contribution in [0.3, 0.4) is 0 Å². The molecule has 1 atom stereocenters. The fraction of sp³-hybridized carbons (Fsp3) is 0.538. The van der Waals surface area contributed by atoms with Crippen LogP contribution in [-0.4, -0.2) is 56.0 Å². The molecule has 0 aromatic heterocycles. The van der Waals surface area contributed by atoms with Crippen molar-refractivity contribution in [2.45, 2.75) is 17.8 Å². The molecule has 0 aliphatic carbocycles. The summed E-state index contributed by atoms with van der Waals surface area (Å²) in [6.45, 7) is 0.608. The number of benzene rings is 1. The highest BCUT2D eigenvalue weighted by Gasteiger charge is 2.36. The van der Waals surface area contributed by atoms with E-state index in [1.165, 1.54) is 11.4 Å². The first-order valence-corrected chi connectivity index (χ1v) is 7.75. The van der Waals surface area contributed by atoms with Gasteiger partial charge < -0.3 is 9.84 Å². The Kier molecular flexibility index (Phi) is 4.57. The molecule has 1 heterocycles. The average Bonchev–Trinajstić information content (AvgIpc) is 2.26. The molecule has 1 aromatic carbocycles. The fourth-order valence-electron chi connectivity index (χ4n) is 1.99. The van der Waals surface area contributed by atoms with Gasteiger partial charge in [-0.2, -0.15) is 0 Å². The van der Waals surface area contributed by atoms with Crippen molar-refractivity contribution in [1.82, 2.24) is 4.31 Å². The van der Waals surface area contributed by atoms with Crippen molar-refractivity contribution in [3.8, 4) is 0 Å². The molecule has 2 rings (SSSR count). The lowest BCUT2D eigenvalue weighted by Gasteiger charge is -2.30. The van der Waals surface area contributed by atoms with Crippen LogP contribution in [-0.2, 0) is 21.2 Å². The molecule has 1 aliphatic heterocycles. The van der Waals surface area contributed by atoms with Gasteiger partial charge in [0.25, 0.3) is 0 Å². The Balaban J connectivity index is 1.89. The van der Waals surface area contributed by atoms with E-state index in [4.69, 9.17) is 4.74 Å². The number of hydrogen-bond acceptors (Lipinski definition) is 4. The Labute approximate surface area is 113 Å². The van der Waals surface area contributed by atoms with Crippen LogP contribution < -0.4 is 0 Å². The number of likely N-dealkylation sites (N-methyl/N-ethyl adjacent to an activating group) is 1. The Morgan fingerprint density at radius 3 is 2.53 bits per heavy atom. The van der Waals surface area contributed by atoms with Gasteiger partial charge in [0, 0.05) is 13.6 Å². The standard InChI is InChI=1S/C13H19NO4S/c1-14(19(16,17)13-9-18-10-13)8-12(15)7-11-5-3-2-4-6-11/h2-6,12-13,15H,7-10H2,1H3. The molecule has 1 saturated heterocycles. The summed E-state index contributed by atoms with van der Waals surface area (Å²) < 4.78 is 30.2. The summed E-state index contributed by atoms with van der Waals surface area (Å²) in [6, 6.07) is 9.53. The minimum Gasteiger partial charge on any atom is -0.391 e. The summed E-state index contributed by atoms with van der Waals surface area (Å²) in [7, 11) is -1.84. The highest BCUT2D eigenvalue weighted by Crippen LogP contribution is 2.16. The summed E-state index contributed by atoms with van der Waals surface area (Å²) in [5, 5.41) is 9.51. The second-order valence-electron chi connectivity index (χ2n) is 4.83. The summed E-state index contributed by atoms with van der Waals surface area (Å²) in [6.07, 6.45) is -0.259. The molecule has 106 valence electrons. The molecule has 1 unspecified atom stereocenters. The van der Waals surface area contributed by atoms with Crippen molar-refractivity contribution in [3.05, 3.63) is 35.9 Å². The van der Waals surface area contributed by atoms with E-state index in [0.29, 0.717) is 6.42 Å². The van der Waals surface area contributed by atoms with Gasteiger partial charge in [-0.1, -0.05) is 30.3 Å². The number of ether oxygens (including phenoxy) is 1. The van der Waals surface area contributed by atoms with Crippen molar-refractivity contribution in [3.63, 3.8) is 0 Å². The zero-order chi connectivity index (χ0) is 13.9. The molecule has 1 N–H and O–H groups in total. The first kappa shape index (κ1) is 14.5. The predicted molar refractivity (Wildman–Crippen MR) is 72.3 cm³/mol. The van der Waals surface area contributed by atoms with Crippen molar-refractivity contribution in [2.75, 3.05) is 26.8 Å². The molecule has 19 heavy (non-hydrogen) atoms. The number of hydrogen-bond donors (Lipinski definition) is 1. The molecule has 0 amide bonds. The summed E-state index contributed by atoms with van der Waals surface area (Å²) >= 11 is 0. The van der Waals surface area contributed by atoms with Crippen molar-refractivity contribution in [1.29, 1.82) is 0 Å². The summed E-state index contributed by atoms with van der Waals surface area (Å²) in [5.41, 5.74) is 0.993. The van der Waals surface area contributed by atoms with Gasteiger partial charge >= 0.3 is 0 Å². The van der Waals surface area contributed by atoms with Crippen LogP contribution >= 0.6 is 0 Å². The van der Waals surface area contributed by atoms with Crippen LogP contribution in [0.2, 0.25) is 0 Å². The zero-order valence-electron chi connectivity index (χ0n) is 10.9. The minimum absolute atomic E-state index is 0.105. The molecule has 0 bridgehead atoms. The normalized spacial score (nSPS) is 18.3. The van der Waals surface area contributed by atoms with Crippen LogP contribution in [0.1, 0.15) is 5.56 Å². The zero-order valence-corrected chi connectivity index (χ0v) is 11.7. The van der Waals surface area contributed by atoms with Gasteiger partial charge in [0.15, 0.2) is 0 Å². The van der Waals surface area contributed by atoms with Crippen LogP contribution in [0.5, 0.6) is 0 Å². The van der Waals surface area contributed by atoms with E-state index in [1.54, 1.807) is 0 Å². The molecular weight excluding hydrogens is 266 g/mol. The minimum atomic E-state index is -3.34. The van der Waals surface area contributed by atoms with Gasteiger partial charge in [-0.05, 0) is 12.0 Å². The van der Waals surface area contributed by atoms with Gasteiger partial charge in [0.2, 0.25) is 10.0 Å². The maximum Gasteiger partial charge on any atom is 0.221 e. The van der Waals surface area contributed by atoms with Crippen LogP contribution in [0.4, 0.5) is 0 Å². The number of nitrogens with zero attached hydrogens (tertiary/aromatic N) is 1. The Hall–Kier alpha value is -0.950. The molecule has 1 aromatic rings. The molecular formula is C13H19NO4S. The number of aliphatic hydroxyl groups is 1. The molecule has 1 fully saturated rings. The van der Waals surface area contributed by atoms with E-state index in [-0.39, 0.29) is 19.8 Å².